The first-order valence-corrected chi connectivity index (χ1v) is 12.1. The number of nitrogens with one attached hydrogen (secondary N) is 3. The second-order valence-corrected chi connectivity index (χ2v) is 9.35. The molecule has 1 aliphatic carbocycles. The Bertz CT molecular complexity index is 1520. The number of amides is 3. The maximum absolute atomic E-state index is 13.9. The van der Waals surface area contributed by atoms with Gasteiger partial charge in [0.15, 0.2) is 0 Å². The Morgan fingerprint density at radius 1 is 0.854 bits per heavy atom. The number of carbonyl (C=O) groups excluding carboxylic acids is 3. The van der Waals surface area contributed by atoms with Crippen LogP contribution in [0.5, 0.6) is 11.5 Å². The Morgan fingerprint density at radius 2 is 1.49 bits per heavy atom. The summed E-state index contributed by atoms with van der Waals surface area (Å²) in [5, 5.41) is 6.08. The van der Waals surface area contributed by atoms with Crippen LogP contribution in [-0.4, -0.2) is 29.8 Å². The lowest BCUT2D eigenvalue weighted by Crippen LogP contribution is -2.36. The first-order valence-electron chi connectivity index (χ1n) is 11.7. The lowest BCUT2D eigenvalue weighted by atomic mass is 10.0. The molecule has 8 nitrogen and oxygen atoms in total. The normalized spacial score (nSPS) is 14.1. The minimum Gasteiger partial charge on any atom is -0.457 e. The fraction of sp³-hybridized carbons (Fsp3) is 0.231. The number of alkyl halides is 6. The summed E-state index contributed by atoms with van der Waals surface area (Å²) < 4.78 is 86.6. The van der Waals surface area contributed by atoms with Gasteiger partial charge >= 0.3 is 12.4 Å². The lowest BCUT2D eigenvalue weighted by Gasteiger charge is -2.19. The number of hydrogen-bond acceptors (Lipinski definition) is 5. The molecule has 0 spiro atoms. The molecule has 41 heavy (non-hydrogen) atoms. The summed E-state index contributed by atoms with van der Waals surface area (Å²) in [6, 6.07) is 7.85. The highest BCUT2D eigenvalue weighted by molar-refractivity contribution is 6.31. The van der Waals surface area contributed by atoms with Crippen molar-refractivity contribution in [1.29, 1.82) is 0 Å². The number of hydrogen-bond donors (Lipinski definition) is 3. The van der Waals surface area contributed by atoms with E-state index in [1.807, 2.05) is 0 Å². The van der Waals surface area contributed by atoms with Crippen LogP contribution in [0.4, 0.5) is 37.7 Å². The molecule has 3 amide bonds. The number of rotatable bonds is 7. The van der Waals surface area contributed by atoms with Crippen molar-refractivity contribution in [2.75, 3.05) is 17.7 Å². The molecule has 216 valence electrons. The third kappa shape index (κ3) is 6.53. The van der Waals surface area contributed by atoms with Gasteiger partial charge in [-0.1, -0.05) is 11.6 Å². The molecular formula is C26H19ClF6N4O4. The van der Waals surface area contributed by atoms with Crippen LogP contribution >= 0.6 is 11.6 Å². The van der Waals surface area contributed by atoms with Gasteiger partial charge in [-0.05, 0) is 55.3 Å². The zero-order valence-electron chi connectivity index (χ0n) is 20.8. The van der Waals surface area contributed by atoms with E-state index in [1.165, 1.54) is 25.4 Å². The molecule has 4 rings (SSSR count). The number of aromatic nitrogens is 1. The van der Waals surface area contributed by atoms with Crippen LogP contribution in [0.15, 0.2) is 54.7 Å². The van der Waals surface area contributed by atoms with Crippen molar-refractivity contribution < 1.29 is 45.5 Å². The first kappa shape index (κ1) is 29.6. The van der Waals surface area contributed by atoms with Crippen molar-refractivity contribution in [2.45, 2.75) is 25.2 Å². The molecule has 0 atom stereocenters. The van der Waals surface area contributed by atoms with Crippen LogP contribution in [0.3, 0.4) is 0 Å². The highest BCUT2D eigenvalue weighted by atomic mass is 35.5. The average molecular weight is 601 g/mol. The predicted octanol–water partition coefficient (Wildman–Crippen LogP) is 6.28. The number of halogens is 7. The van der Waals surface area contributed by atoms with Crippen molar-refractivity contribution in [3.05, 3.63) is 76.6 Å². The summed E-state index contributed by atoms with van der Waals surface area (Å²) in [7, 11) is 1.37. The molecule has 1 fully saturated rings. The van der Waals surface area contributed by atoms with Crippen LogP contribution < -0.4 is 20.7 Å². The van der Waals surface area contributed by atoms with E-state index >= 15 is 0 Å². The highest BCUT2D eigenvalue weighted by Crippen LogP contribution is 2.48. The van der Waals surface area contributed by atoms with E-state index in [-0.39, 0.29) is 35.7 Å². The molecule has 1 aliphatic rings. The number of nitrogens with zero attached hydrogens (tertiary/aromatic N) is 1. The van der Waals surface area contributed by atoms with Crippen LogP contribution in [0.25, 0.3) is 0 Å². The van der Waals surface area contributed by atoms with Crippen molar-refractivity contribution >= 4 is 40.7 Å². The van der Waals surface area contributed by atoms with Crippen molar-refractivity contribution in [3.8, 4) is 11.5 Å². The van der Waals surface area contributed by atoms with E-state index < -0.39 is 57.3 Å². The second-order valence-electron chi connectivity index (χ2n) is 8.95. The molecule has 0 unspecified atom stereocenters. The Labute approximate surface area is 233 Å². The van der Waals surface area contributed by atoms with E-state index in [0.717, 1.165) is 24.3 Å². The number of pyridine rings is 1. The highest BCUT2D eigenvalue weighted by Gasteiger charge is 2.57. The molecule has 2 aromatic carbocycles. The summed E-state index contributed by atoms with van der Waals surface area (Å²) in [5.41, 5.74) is -5.28. The SMILES string of the molecule is CNC(=O)c1cc(Oc2ccc(NC(=O)C3(C(=O)Nc4ccc(Cl)c(C(F)(F)F)c4)CC3)c(C(F)(F)F)c2)ccn1. The smallest absolute Gasteiger partial charge is 0.418 e. The molecule has 3 aromatic rings. The first-order chi connectivity index (χ1) is 19.1. The maximum Gasteiger partial charge on any atom is 0.418 e. The molecule has 1 heterocycles. The quantitative estimate of drug-likeness (QED) is 0.218. The fourth-order valence-corrected chi connectivity index (χ4v) is 4.01. The van der Waals surface area contributed by atoms with E-state index in [9.17, 15) is 40.7 Å². The summed E-state index contributed by atoms with van der Waals surface area (Å²) in [5.74, 6) is -2.84. The Hall–Kier alpha value is -4.33. The van der Waals surface area contributed by atoms with Gasteiger partial charge < -0.3 is 20.7 Å². The van der Waals surface area contributed by atoms with Crippen LogP contribution in [0.2, 0.25) is 5.02 Å². The van der Waals surface area contributed by atoms with E-state index in [2.05, 4.69) is 20.9 Å². The van der Waals surface area contributed by atoms with Gasteiger partial charge in [0.05, 0.1) is 21.8 Å². The standard InChI is InChI=1S/C26H19ClF6N4O4/c1-34-21(38)20-12-15(6-9-35-20)41-14-3-5-19(17(11-14)26(31,32)33)37-23(40)24(7-8-24)22(39)36-13-2-4-18(27)16(10-13)25(28,29)30/h2-6,9-12H,7-8H2,1H3,(H,34,38)(H,36,39)(H,37,40). The van der Waals surface area contributed by atoms with Gasteiger partial charge in [-0.15, -0.1) is 0 Å². The van der Waals surface area contributed by atoms with E-state index in [0.29, 0.717) is 12.1 Å². The number of anilines is 2. The van der Waals surface area contributed by atoms with Gasteiger partial charge in [-0.2, -0.15) is 26.3 Å². The van der Waals surface area contributed by atoms with Crippen LogP contribution in [-0.2, 0) is 21.9 Å². The van der Waals surface area contributed by atoms with Gasteiger partial charge in [0.25, 0.3) is 5.91 Å². The average Bonchev–Trinajstić information content (AvgIpc) is 3.71. The zero-order chi connectivity index (χ0) is 30.2. The molecule has 0 radical (unpaired) electrons. The van der Waals surface area contributed by atoms with Crippen molar-refractivity contribution in [2.24, 2.45) is 5.41 Å². The molecule has 1 saturated carbocycles. The lowest BCUT2D eigenvalue weighted by molar-refractivity contribution is -0.138. The van der Waals surface area contributed by atoms with E-state index in [4.69, 9.17) is 16.3 Å². The Kier molecular flexibility index (Phi) is 7.89. The predicted molar refractivity (Wildman–Crippen MR) is 135 cm³/mol. The zero-order valence-corrected chi connectivity index (χ0v) is 21.6. The van der Waals surface area contributed by atoms with Gasteiger partial charge in [0.1, 0.15) is 22.6 Å². The molecule has 15 heteroatoms. The largest absolute Gasteiger partial charge is 0.457 e. The summed E-state index contributed by atoms with van der Waals surface area (Å²) >= 11 is 5.58. The minimum absolute atomic E-state index is 0.0213. The third-order valence-electron chi connectivity index (χ3n) is 6.12. The molecule has 0 aliphatic heterocycles. The van der Waals surface area contributed by atoms with Gasteiger partial charge in [-0.25, -0.2) is 0 Å². The van der Waals surface area contributed by atoms with Crippen molar-refractivity contribution in [1.82, 2.24) is 10.3 Å². The van der Waals surface area contributed by atoms with E-state index in [1.54, 1.807) is 0 Å². The number of benzene rings is 2. The number of ether oxygens (including phenoxy) is 1. The van der Waals surface area contributed by atoms with Crippen molar-refractivity contribution in [3.63, 3.8) is 0 Å². The summed E-state index contributed by atoms with van der Waals surface area (Å²) in [6.45, 7) is 0. The van der Waals surface area contributed by atoms with Gasteiger partial charge in [-0.3, -0.25) is 19.4 Å². The second kappa shape index (κ2) is 10.9. The topological polar surface area (TPSA) is 109 Å². The molecule has 3 N–H and O–H groups in total. The monoisotopic (exact) mass is 600 g/mol. The fourth-order valence-electron chi connectivity index (χ4n) is 3.79. The maximum atomic E-state index is 13.9. The van der Waals surface area contributed by atoms with Crippen LogP contribution in [0, 0.1) is 5.41 Å². The third-order valence-corrected chi connectivity index (χ3v) is 6.45. The number of carbonyl (C=O) groups is 3. The summed E-state index contributed by atoms with van der Waals surface area (Å²) in [4.78, 5) is 41.4. The summed E-state index contributed by atoms with van der Waals surface area (Å²) in [6.07, 6.45) is -8.61. The molecule has 0 bridgehead atoms. The molecule has 0 saturated heterocycles. The molecule has 1 aromatic heterocycles. The Morgan fingerprint density at radius 3 is 2.10 bits per heavy atom. The van der Waals surface area contributed by atoms with Gasteiger partial charge in [0, 0.05) is 25.0 Å². The van der Waals surface area contributed by atoms with Crippen LogP contribution in [0.1, 0.15) is 34.5 Å². The van der Waals surface area contributed by atoms with Gasteiger partial charge in [0.2, 0.25) is 11.8 Å². The Balaban J connectivity index is 1.53. The molecular weight excluding hydrogens is 582 g/mol. The minimum atomic E-state index is -4.95.